The third-order valence-corrected chi connectivity index (χ3v) is 4.40. The van der Waals surface area contributed by atoms with Crippen LogP contribution in [0.5, 0.6) is 0 Å². The SMILES string of the molecule is N#CCC1CCC(NC(=O)Cc2ccc(Br)cc2)CC1. The second-order valence-corrected chi connectivity index (χ2v) is 6.37. The minimum Gasteiger partial charge on any atom is -0.353 e. The number of benzene rings is 1. The van der Waals surface area contributed by atoms with Crippen LogP contribution in [0.1, 0.15) is 37.7 Å². The minimum absolute atomic E-state index is 0.0936. The largest absolute Gasteiger partial charge is 0.353 e. The van der Waals surface area contributed by atoms with E-state index in [4.69, 9.17) is 5.26 Å². The Bertz CT molecular complexity index is 484. The van der Waals surface area contributed by atoms with Gasteiger partial charge in [0.25, 0.3) is 0 Å². The van der Waals surface area contributed by atoms with E-state index in [1.807, 2.05) is 24.3 Å². The van der Waals surface area contributed by atoms with Crippen LogP contribution in [-0.2, 0) is 11.2 Å². The fraction of sp³-hybridized carbons (Fsp3) is 0.500. The first-order valence-corrected chi connectivity index (χ1v) is 7.87. The molecule has 1 aliphatic carbocycles. The van der Waals surface area contributed by atoms with Crippen molar-refractivity contribution in [1.29, 1.82) is 5.26 Å². The van der Waals surface area contributed by atoms with Gasteiger partial charge in [-0.25, -0.2) is 0 Å². The Kier molecular flexibility index (Phi) is 5.60. The Balaban J connectivity index is 1.75. The standard InChI is InChI=1S/C16H19BrN2O/c17-14-5-1-13(2-6-14)11-16(20)19-15-7-3-12(4-8-15)9-10-18/h1-2,5-6,12,15H,3-4,7-9,11H2,(H,19,20). The highest BCUT2D eigenvalue weighted by Gasteiger charge is 2.22. The second-order valence-electron chi connectivity index (χ2n) is 5.45. The van der Waals surface area contributed by atoms with Crippen molar-refractivity contribution < 1.29 is 4.79 Å². The van der Waals surface area contributed by atoms with Gasteiger partial charge in [-0.3, -0.25) is 4.79 Å². The van der Waals surface area contributed by atoms with Gasteiger partial charge in [-0.05, 0) is 49.3 Å². The Labute approximate surface area is 128 Å². The summed E-state index contributed by atoms with van der Waals surface area (Å²) in [5.41, 5.74) is 1.03. The number of nitriles is 1. The molecule has 4 heteroatoms. The molecule has 0 unspecified atom stereocenters. The van der Waals surface area contributed by atoms with Gasteiger partial charge in [-0.15, -0.1) is 0 Å². The molecule has 1 aromatic rings. The predicted molar refractivity (Wildman–Crippen MR) is 82.0 cm³/mol. The lowest BCUT2D eigenvalue weighted by Crippen LogP contribution is -2.38. The lowest BCUT2D eigenvalue weighted by atomic mass is 9.84. The molecule has 0 aliphatic heterocycles. The molecule has 0 atom stereocenters. The summed E-state index contributed by atoms with van der Waals surface area (Å²) >= 11 is 3.39. The van der Waals surface area contributed by atoms with Crippen molar-refractivity contribution in [2.45, 2.75) is 44.6 Å². The van der Waals surface area contributed by atoms with E-state index in [1.54, 1.807) is 0 Å². The molecule has 0 radical (unpaired) electrons. The fourth-order valence-electron chi connectivity index (χ4n) is 2.71. The number of rotatable bonds is 4. The molecule has 106 valence electrons. The van der Waals surface area contributed by atoms with Crippen molar-refractivity contribution in [3.8, 4) is 6.07 Å². The summed E-state index contributed by atoms with van der Waals surface area (Å²) in [4.78, 5) is 12.0. The summed E-state index contributed by atoms with van der Waals surface area (Å²) in [6.45, 7) is 0. The van der Waals surface area contributed by atoms with Crippen LogP contribution in [0.25, 0.3) is 0 Å². The van der Waals surface area contributed by atoms with Gasteiger partial charge in [0.05, 0.1) is 12.5 Å². The zero-order valence-electron chi connectivity index (χ0n) is 11.4. The van der Waals surface area contributed by atoms with Gasteiger partial charge < -0.3 is 5.32 Å². The highest BCUT2D eigenvalue weighted by molar-refractivity contribution is 9.10. The van der Waals surface area contributed by atoms with Crippen LogP contribution in [0, 0.1) is 17.2 Å². The van der Waals surface area contributed by atoms with Crippen LogP contribution >= 0.6 is 15.9 Å². The Morgan fingerprint density at radius 2 is 1.90 bits per heavy atom. The summed E-state index contributed by atoms with van der Waals surface area (Å²) in [5.74, 6) is 0.621. The Morgan fingerprint density at radius 1 is 1.25 bits per heavy atom. The molecule has 1 amide bonds. The predicted octanol–water partition coefficient (Wildman–Crippen LogP) is 3.58. The van der Waals surface area contributed by atoms with E-state index in [-0.39, 0.29) is 11.9 Å². The Morgan fingerprint density at radius 3 is 2.50 bits per heavy atom. The number of hydrogen-bond acceptors (Lipinski definition) is 2. The monoisotopic (exact) mass is 334 g/mol. The molecule has 0 spiro atoms. The molecule has 1 aromatic carbocycles. The summed E-state index contributed by atoms with van der Waals surface area (Å²) < 4.78 is 1.03. The lowest BCUT2D eigenvalue weighted by molar-refractivity contribution is -0.121. The van der Waals surface area contributed by atoms with Crippen molar-refractivity contribution in [2.75, 3.05) is 0 Å². The van der Waals surface area contributed by atoms with Gasteiger partial charge in [-0.2, -0.15) is 5.26 Å². The molecule has 1 saturated carbocycles. The maximum atomic E-state index is 12.0. The van der Waals surface area contributed by atoms with Gasteiger partial charge in [0.1, 0.15) is 0 Å². The van der Waals surface area contributed by atoms with Crippen molar-refractivity contribution >= 4 is 21.8 Å². The maximum absolute atomic E-state index is 12.0. The van der Waals surface area contributed by atoms with Gasteiger partial charge in [0.15, 0.2) is 0 Å². The van der Waals surface area contributed by atoms with E-state index in [9.17, 15) is 4.79 Å². The quantitative estimate of drug-likeness (QED) is 0.914. The lowest BCUT2D eigenvalue weighted by Gasteiger charge is -2.27. The van der Waals surface area contributed by atoms with Gasteiger partial charge >= 0.3 is 0 Å². The normalized spacial score (nSPS) is 22.0. The van der Waals surface area contributed by atoms with E-state index in [0.29, 0.717) is 18.8 Å². The van der Waals surface area contributed by atoms with Crippen molar-refractivity contribution in [3.63, 3.8) is 0 Å². The topological polar surface area (TPSA) is 52.9 Å². The molecular weight excluding hydrogens is 316 g/mol. The van der Waals surface area contributed by atoms with E-state index >= 15 is 0 Å². The number of nitrogens with zero attached hydrogens (tertiary/aromatic N) is 1. The number of nitrogens with one attached hydrogen (secondary N) is 1. The fourth-order valence-corrected chi connectivity index (χ4v) is 2.97. The smallest absolute Gasteiger partial charge is 0.224 e. The average molecular weight is 335 g/mol. The highest BCUT2D eigenvalue weighted by atomic mass is 79.9. The molecule has 2 rings (SSSR count). The van der Waals surface area contributed by atoms with E-state index in [2.05, 4.69) is 27.3 Å². The highest BCUT2D eigenvalue weighted by Crippen LogP contribution is 2.26. The second kappa shape index (κ2) is 7.44. The molecule has 0 heterocycles. The molecule has 0 aromatic heterocycles. The molecule has 3 nitrogen and oxygen atoms in total. The number of carbonyl (C=O) groups excluding carboxylic acids is 1. The third-order valence-electron chi connectivity index (χ3n) is 3.87. The molecule has 1 aliphatic rings. The summed E-state index contributed by atoms with van der Waals surface area (Å²) in [6.07, 6.45) is 5.19. The van der Waals surface area contributed by atoms with Crippen LogP contribution in [-0.4, -0.2) is 11.9 Å². The van der Waals surface area contributed by atoms with Crippen LogP contribution < -0.4 is 5.32 Å². The number of hydrogen-bond donors (Lipinski definition) is 1. The van der Waals surface area contributed by atoms with Crippen molar-refractivity contribution in [3.05, 3.63) is 34.3 Å². The first-order chi connectivity index (χ1) is 9.67. The molecule has 0 bridgehead atoms. The summed E-state index contributed by atoms with van der Waals surface area (Å²) in [6, 6.07) is 10.4. The molecule has 20 heavy (non-hydrogen) atoms. The summed E-state index contributed by atoms with van der Waals surface area (Å²) in [5, 5.41) is 11.8. The van der Waals surface area contributed by atoms with Gasteiger partial charge in [0, 0.05) is 16.9 Å². The van der Waals surface area contributed by atoms with Gasteiger partial charge in [0.2, 0.25) is 5.91 Å². The number of carbonyl (C=O) groups is 1. The maximum Gasteiger partial charge on any atom is 0.224 e. The molecular formula is C16H19BrN2O. The van der Waals surface area contributed by atoms with Crippen LogP contribution in [0.15, 0.2) is 28.7 Å². The first-order valence-electron chi connectivity index (χ1n) is 7.08. The van der Waals surface area contributed by atoms with Gasteiger partial charge in [-0.1, -0.05) is 28.1 Å². The van der Waals surface area contributed by atoms with Crippen LogP contribution in [0.4, 0.5) is 0 Å². The zero-order chi connectivity index (χ0) is 14.4. The number of halogens is 1. The molecule has 1 fully saturated rings. The first kappa shape index (κ1) is 15.1. The van der Waals surface area contributed by atoms with Crippen molar-refractivity contribution in [1.82, 2.24) is 5.32 Å². The Hall–Kier alpha value is -1.34. The van der Waals surface area contributed by atoms with E-state index in [0.717, 1.165) is 35.7 Å². The minimum atomic E-state index is 0.0936. The van der Waals surface area contributed by atoms with Crippen molar-refractivity contribution in [2.24, 2.45) is 5.92 Å². The third kappa shape index (κ3) is 4.64. The summed E-state index contributed by atoms with van der Waals surface area (Å²) in [7, 11) is 0. The van der Waals surface area contributed by atoms with E-state index < -0.39 is 0 Å². The zero-order valence-corrected chi connectivity index (χ0v) is 13.0. The van der Waals surface area contributed by atoms with Crippen LogP contribution in [0.2, 0.25) is 0 Å². The van der Waals surface area contributed by atoms with E-state index in [1.165, 1.54) is 0 Å². The molecule has 1 N–H and O–H groups in total. The average Bonchev–Trinajstić information content (AvgIpc) is 2.44. The number of amides is 1. The van der Waals surface area contributed by atoms with Crippen LogP contribution in [0.3, 0.4) is 0 Å². The molecule has 0 saturated heterocycles.